The number of hydrogen-bond donors (Lipinski definition) is 2. The van der Waals surface area contributed by atoms with E-state index in [-0.39, 0.29) is 5.91 Å². The normalized spacial score (nSPS) is 16.6. The maximum absolute atomic E-state index is 12.0. The number of benzene rings is 1. The number of carbonyl (C=O) groups is 1. The van der Waals surface area contributed by atoms with E-state index in [1.807, 2.05) is 6.07 Å². The van der Waals surface area contributed by atoms with Gasteiger partial charge in [-0.1, -0.05) is 12.1 Å². The topological polar surface area (TPSA) is 82.2 Å². The number of para-hydroxylation sites is 1. The van der Waals surface area contributed by atoms with Crippen LogP contribution in [0.2, 0.25) is 0 Å². The average molecular weight is 272 g/mol. The molecule has 0 unspecified atom stereocenters. The Kier molecular flexibility index (Phi) is 5.10. The minimum Gasteiger partial charge on any atom is -0.330 e. The van der Waals surface area contributed by atoms with Crippen LogP contribution in [0.5, 0.6) is 0 Å². The van der Waals surface area contributed by atoms with Crippen LogP contribution >= 0.6 is 0 Å². The zero-order chi connectivity index (χ0) is 14.4. The third-order valence-corrected chi connectivity index (χ3v) is 3.73. The molecule has 106 valence electrons. The minimum atomic E-state index is -0.0705. The quantitative estimate of drug-likeness (QED) is 0.862. The lowest BCUT2D eigenvalue weighted by atomic mass is 9.97. The first-order valence-corrected chi connectivity index (χ1v) is 6.94. The first kappa shape index (κ1) is 14.5. The number of likely N-dealkylation sites (tertiary alicyclic amines) is 1. The van der Waals surface area contributed by atoms with Crippen LogP contribution in [0.15, 0.2) is 24.3 Å². The molecular weight excluding hydrogens is 252 g/mol. The monoisotopic (exact) mass is 272 g/mol. The highest BCUT2D eigenvalue weighted by atomic mass is 16.2. The molecule has 0 saturated carbocycles. The fourth-order valence-electron chi connectivity index (χ4n) is 2.46. The van der Waals surface area contributed by atoms with Gasteiger partial charge >= 0.3 is 0 Å². The molecule has 0 radical (unpaired) electrons. The molecule has 0 spiro atoms. The number of nitriles is 1. The average Bonchev–Trinajstić information content (AvgIpc) is 2.48. The van der Waals surface area contributed by atoms with Crippen LogP contribution in [-0.2, 0) is 4.79 Å². The Morgan fingerprint density at radius 3 is 2.75 bits per heavy atom. The lowest BCUT2D eigenvalue weighted by Crippen LogP contribution is -2.40. The molecule has 0 bridgehead atoms. The number of hydrogen-bond acceptors (Lipinski definition) is 4. The summed E-state index contributed by atoms with van der Waals surface area (Å²) in [5.74, 6) is 0.521. The lowest BCUT2D eigenvalue weighted by Gasteiger charge is -2.30. The molecular formula is C15H20N4O. The second-order valence-electron chi connectivity index (χ2n) is 5.16. The van der Waals surface area contributed by atoms with E-state index in [0.717, 1.165) is 32.5 Å². The number of nitrogens with one attached hydrogen (secondary N) is 1. The number of piperidine rings is 1. The van der Waals surface area contributed by atoms with Crippen molar-refractivity contribution < 1.29 is 4.79 Å². The van der Waals surface area contributed by atoms with Crippen molar-refractivity contribution in [3.8, 4) is 6.07 Å². The van der Waals surface area contributed by atoms with Gasteiger partial charge in [0.05, 0.1) is 17.8 Å². The van der Waals surface area contributed by atoms with E-state index in [2.05, 4.69) is 16.3 Å². The van der Waals surface area contributed by atoms with Gasteiger partial charge in [0, 0.05) is 0 Å². The second kappa shape index (κ2) is 7.04. The summed E-state index contributed by atoms with van der Waals surface area (Å²) in [4.78, 5) is 14.1. The number of nitrogens with zero attached hydrogens (tertiary/aromatic N) is 2. The fourth-order valence-corrected chi connectivity index (χ4v) is 2.46. The first-order chi connectivity index (χ1) is 9.72. The number of rotatable bonds is 4. The Balaban J connectivity index is 1.86. The molecule has 0 aromatic heterocycles. The van der Waals surface area contributed by atoms with E-state index >= 15 is 0 Å². The van der Waals surface area contributed by atoms with Crippen molar-refractivity contribution >= 4 is 11.6 Å². The molecule has 1 saturated heterocycles. The maximum Gasteiger partial charge on any atom is 0.238 e. The molecule has 1 amide bonds. The standard InChI is InChI=1S/C15H20N4O/c16-9-12-5-7-19(8-6-12)11-15(20)18-14-4-2-1-3-13(14)10-17/h1-4,12H,5-9,11,16H2,(H,18,20). The van der Waals surface area contributed by atoms with Gasteiger partial charge in [-0.3, -0.25) is 9.69 Å². The number of anilines is 1. The highest BCUT2D eigenvalue weighted by Crippen LogP contribution is 2.16. The van der Waals surface area contributed by atoms with E-state index in [9.17, 15) is 4.79 Å². The van der Waals surface area contributed by atoms with Crippen LogP contribution < -0.4 is 11.1 Å². The summed E-state index contributed by atoms with van der Waals surface area (Å²) in [7, 11) is 0. The Labute approximate surface area is 119 Å². The third-order valence-electron chi connectivity index (χ3n) is 3.73. The first-order valence-electron chi connectivity index (χ1n) is 6.94. The van der Waals surface area contributed by atoms with Gasteiger partial charge in [0.2, 0.25) is 5.91 Å². The highest BCUT2D eigenvalue weighted by molar-refractivity contribution is 5.93. The van der Waals surface area contributed by atoms with E-state index in [0.29, 0.717) is 23.7 Å². The SMILES string of the molecule is N#Cc1ccccc1NC(=O)CN1CCC(CN)CC1. The number of amides is 1. The van der Waals surface area contributed by atoms with Crippen molar-refractivity contribution in [3.63, 3.8) is 0 Å². The van der Waals surface area contributed by atoms with Crippen LogP contribution in [0, 0.1) is 17.2 Å². The second-order valence-corrected chi connectivity index (χ2v) is 5.16. The van der Waals surface area contributed by atoms with E-state index in [1.54, 1.807) is 18.2 Å². The molecule has 1 heterocycles. The molecule has 1 aliphatic heterocycles. The molecule has 1 aliphatic rings. The molecule has 5 nitrogen and oxygen atoms in total. The molecule has 0 aliphatic carbocycles. The summed E-state index contributed by atoms with van der Waals surface area (Å²) < 4.78 is 0. The molecule has 20 heavy (non-hydrogen) atoms. The smallest absolute Gasteiger partial charge is 0.238 e. The van der Waals surface area contributed by atoms with Gasteiger partial charge in [-0.2, -0.15) is 5.26 Å². The summed E-state index contributed by atoms with van der Waals surface area (Å²) >= 11 is 0. The van der Waals surface area contributed by atoms with Gasteiger partial charge in [-0.25, -0.2) is 0 Å². The van der Waals surface area contributed by atoms with E-state index < -0.39 is 0 Å². The van der Waals surface area contributed by atoms with Gasteiger partial charge in [0.1, 0.15) is 6.07 Å². The van der Waals surface area contributed by atoms with Gasteiger partial charge in [0.25, 0.3) is 0 Å². The Bertz CT molecular complexity index is 501. The molecule has 0 atom stereocenters. The summed E-state index contributed by atoms with van der Waals surface area (Å²) in [6, 6.07) is 9.11. The molecule has 1 aromatic carbocycles. The lowest BCUT2D eigenvalue weighted by molar-refractivity contribution is -0.117. The van der Waals surface area contributed by atoms with Crippen LogP contribution in [0.25, 0.3) is 0 Å². The summed E-state index contributed by atoms with van der Waals surface area (Å²) in [6.45, 7) is 2.93. The zero-order valence-corrected chi connectivity index (χ0v) is 11.5. The number of carbonyl (C=O) groups excluding carboxylic acids is 1. The van der Waals surface area contributed by atoms with Gasteiger partial charge in [-0.15, -0.1) is 0 Å². The predicted octanol–water partition coefficient (Wildman–Crippen LogP) is 1.17. The minimum absolute atomic E-state index is 0.0705. The van der Waals surface area contributed by atoms with Crippen LogP contribution in [0.4, 0.5) is 5.69 Å². The van der Waals surface area contributed by atoms with Gasteiger partial charge in [-0.05, 0) is 50.5 Å². The van der Waals surface area contributed by atoms with Crippen LogP contribution in [-0.4, -0.2) is 37.0 Å². The van der Waals surface area contributed by atoms with Crippen molar-refractivity contribution in [3.05, 3.63) is 29.8 Å². The van der Waals surface area contributed by atoms with Crippen molar-refractivity contribution in [2.45, 2.75) is 12.8 Å². The largest absolute Gasteiger partial charge is 0.330 e. The summed E-state index contributed by atoms with van der Waals surface area (Å²) in [5.41, 5.74) is 6.72. The van der Waals surface area contributed by atoms with Crippen LogP contribution in [0.1, 0.15) is 18.4 Å². The summed E-state index contributed by atoms with van der Waals surface area (Å²) in [5, 5.41) is 11.8. The van der Waals surface area contributed by atoms with Gasteiger partial charge < -0.3 is 11.1 Å². The third kappa shape index (κ3) is 3.80. The van der Waals surface area contributed by atoms with Crippen molar-refractivity contribution in [2.75, 3.05) is 31.5 Å². The molecule has 1 aromatic rings. The zero-order valence-electron chi connectivity index (χ0n) is 11.5. The van der Waals surface area contributed by atoms with E-state index in [4.69, 9.17) is 11.0 Å². The van der Waals surface area contributed by atoms with Crippen molar-refractivity contribution in [1.82, 2.24) is 4.90 Å². The maximum atomic E-state index is 12.0. The Morgan fingerprint density at radius 1 is 1.40 bits per heavy atom. The Morgan fingerprint density at radius 2 is 2.10 bits per heavy atom. The molecule has 3 N–H and O–H groups in total. The molecule has 2 rings (SSSR count). The fraction of sp³-hybridized carbons (Fsp3) is 0.467. The Hall–Kier alpha value is -1.90. The predicted molar refractivity (Wildman–Crippen MR) is 78.0 cm³/mol. The highest BCUT2D eigenvalue weighted by Gasteiger charge is 2.20. The number of nitrogens with two attached hydrogens (primary N) is 1. The summed E-state index contributed by atoms with van der Waals surface area (Å²) in [6.07, 6.45) is 2.11. The molecule has 1 fully saturated rings. The van der Waals surface area contributed by atoms with Gasteiger partial charge in [0.15, 0.2) is 0 Å². The van der Waals surface area contributed by atoms with Crippen molar-refractivity contribution in [2.24, 2.45) is 11.7 Å². The molecule has 5 heteroatoms. The van der Waals surface area contributed by atoms with Crippen LogP contribution in [0.3, 0.4) is 0 Å². The van der Waals surface area contributed by atoms with E-state index in [1.165, 1.54) is 0 Å². The van der Waals surface area contributed by atoms with Crippen molar-refractivity contribution in [1.29, 1.82) is 5.26 Å².